The van der Waals surface area contributed by atoms with Gasteiger partial charge in [-0.25, -0.2) is 0 Å². The lowest BCUT2D eigenvalue weighted by Crippen LogP contribution is -2.38. The average molecular weight is 364 g/mol. The van der Waals surface area contributed by atoms with Gasteiger partial charge < -0.3 is 9.42 Å². The second kappa shape index (κ2) is 9.35. The number of likely N-dealkylation sites (tertiary alicyclic amines) is 1. The van der Waals surface area contributed by atoms with E-state index in [0.29, 0.717) is 17.9 Å². The third kappa shape index (κ3) is 5.05. The number of hydrogen-bond donors (Lipinski definition) is 0. The summed E-state index contributed by atoms with van der Waals surface area (Å²) in [6.45, 7) is 8.99. The highest BCUT2D eigenvalue weighted by Crippen LogP contribution is 2.28. The number of benzene rings is 1. The molecule has 1 aromatic heterocycles. The average Bonchev–Trinajstić information content (AvgIpc) is 3.10. The molecule has 0 amide bonds. The van der Waals surface area contributed by atoms with Crippen LogP contribution in [-0.2, 0) is 6.42 Å². The third-order valence-electron chi connectivity index (χ3n) is 5.09. The van der Waals surface area contributed by atoms with Crippen LogP contribution in [0.5, 0.6) is 0 Å². The van der Waals surface area contributed by atoms with Crippen molar-refractivity contribution in [1.82, 2.24) is 15.0 Å². The molecule has 0 radical (unpaired) electrons. The summed E-state index contributed by atoms with van der Waals surface area (Å²) in [6, 6.07) is 9.18. The van der Waals surface area contributed by atoms with E-state index in [2.05, 4.69) is 60.1 Å². The van der Waals surface area contributed by atoms with Gasteiger partial charge in [0, 0.05) is 17.5 Å². The topological polar surface area (TPSA) is 42.2 Å². The number of nitrogens with zero attached hydrogens (tertiary/aromatic N) is 3. The summed E-state index contributed by atoms with van der Waals surface area (Å²) in [5, 5.41) is 4.25. The van der Waals surface area contributed by atoms with Gasteiger partial charge in [0.25, 0.3) is 5.89 Å². The molecule has 1 saturated heterocycles. The van der Waals surface area contributed by atoms with Crippen molar-refractivity contribution < 1.29 is 4.52 Å². The summed E-state index contributed by atoms with van der Waals surface area (Å²) in [6.07, 6.45) is 5.84. The number of halogens is 1. The molecule has 25 heavy (non-hydrogen) atoms. The second-order valence-electron chi connectivity index (χ2n) is 7.16. The van der Waals surface area contributed by atoms with Crippen molar-refractivity contribution in [3.05, 3.63) is 35.7 Å². The number of rotatable bonds is 6. The van der Waals surface area contributed by atoms with Gasteiger partial charge >= 0.3 is 0 Å². The van der Waals surface area contributed by atoms with E-state index in [1.807, 2.05) is 0 Å². The summed E-state index contributed by atoms with van der Waals surface area (Å²) in [5.41, 5.74) is 2.40. The maximum Gasteiger partial charge on any atom is 0.257 e. The predicted molar refractivity (Wildman–Crippen MR) is 104 cm³/mol. The number of piperidine rings is 1. The van der Waals surface area contributed by atoms with E-state index in [4.69, 9.17) is 4.52 Å². The summed E-state index contributed by atoms with van der Waals surface area (Å²) >= 11 is 0. The van der Waals surface area contributed by atoms with Crippen LogP contribution in [0.3, 0.4) is 0 Å². The minimum atomic E-state index is 0. The van der Waals surface area contributed by atoms with Crippen molar-refractivity contribution in [2.24, 2.45) is 0 Å². The molecule has 0 bridgehead atoms. The summed E-state index contributed by atoms with van der Waals surface area (Å²) in [7, 11) is 0. The van der Waals surface area contributed by atoms with E-state index in [9.17, 15) is 0 Å². The van der Waals surface area contributed by atoms with Crippen molar-refractivity contribution in [3.63, 3.8) is 0 Å². The van der Waals surface area contributed by atoms with Gasteiger partial charge in [-0.2, -0.15) is 4.98 Å². The fourth-order valence-corrected chi connectivity index (χ4v) is 3.39. The monoisotopic (exact) mass is 363 g/mol. The van der Waals surface area contributed by atoms with Gasteiger partial charge in [0.2, 0.25) is 0 Å². The lowest BCUT2D eigenvalue weighted by atomic mass is 9.95. The highest BCUT2D eigenvalue weighted by molar-refractivity contribution is 5.85. The van der Waals surface area contributed by atoms with E-state index in [0.717, 1.165) is 43.7 Å². The summed E-state index contributed by atoms with van der Waals surface area (Å²) in [5.74, 6) is 1.96. The van der Waals surface area contributed by atoms with Gasteiger partial charge in [0.1, 0.15) is 0 Å². The van der Waals surface area contributed by atoms with E-state index < -0.39 is 0 Å². The Bertz CT molecular complexity index is 631. The Morgan fingerprint density at radius 1 is 1.16 bits per heavy atom. The fraction of sp³-hybridized carbons (Fsp3) is 0.600. The minimum Gasteiger partial charge on any atom is -0.334 e. The zero-order valence-electron chi connectivity index (χ0n) is 15.6. The molecule has 4 nitrogen and oxygen atoms in total. The molecule has 1 fully saturated rings. The Morgan fingerprint density at radius 2 is 1.84 bits per heavy atom. The molecule has 0 atom stereocenters. The first kappa shape index (κ1) is 19.9. The van der Waals surface area contributed by atoms with Crippen molar-refractivity contribution >= 4 is 12.4 Å². The number of aromatic nitrogens is 2. The molecule has 1 aromatic carbocycles. The maximum absolute atomic E-state index is 5.52. The number of aryl methyl sites for hydroxylation is 1. The zero-order chi connectivity index (χ0) is 16.9. The molecule has 0 saturated carbocycles. The first-order chi connectivity index (χ1) is 11.7. The number of unbranched alkanes of at least 4 members (excludes halogenated alkanes) is 1. The van der Waals surface area contributed by atoms with Crippen LogP contribution in [0.2, 0.25) is 0 Å². The van der Waals surface area contributed by atoms with E-state index >= 15 is 0 Å². The fourth-order valence-electron chi connectivity index (χ4n) is 3.39. The van der Waals surface area contributed by atoms with Gasteiger partial charge in [-0.1, -0.05) is 30.6 Å². The number of hydrogen-bond acceptors (Lipinski definition) is 4. The lowest BCUT2D eigenvalue weighted by molar-refractivity contribution is 0.168. The Kier molecular flexibility index (Phi) is 7.45. The molecule has 3 rings (SSSR count). The molecular weight excluding hydrogens is 334 g/mol. The molecule has 2 aromatic rings. The first-order valence-corrected chi connectivity index (χ1v) is 9.34. The first-order valence-electron chi connectivity index (χ1n) is 9.34. The molecule has 0 spiro atoms. The van der Waals surface area contributed by atoms with E-state index in [-0.39, 0.29) is 12.4 Å². The van der Waals surface area contributed by atoms with Gasteiger partial charge in [-0.05, 0) is 70.3 Å². The standard InChI is InChI=1S/C20H29N3O.ClH/c1-4-5-6-16-7-9-18(10-8-16)20-21-19(22-24-20)17-11-13-23(14-12-17)15(2)3;/h7-10,15,17H,4-6,11-14H2,1-3H3;1H. The second-order valence-corrected chi connectivity index (χ2v) is 7.16. The summed E-state index contributed by atoms with van der Waals surface area (Å²) in [4.78, 5) is 7.19. The summed E-state index contributed by atoms with van der Waals surface area (Å²) < 4.78 is 5.52. The van der Waals surface area contributed by atoms with Crippen molar-refractivity contribution in [1.29, 1.82) is 0 Å². The van der Waals surface area contributed by atoms with Crippen molar-refractivity contribution in [2.45, 2.75) is 64.8 Å². The molecule has 2 heterocycles. The largest absolute Gasteiger partial charge is 0.334 e. The van der Waals surface area contributed by atoms with Gasteiger partial charge in [0.15, 0.2) is 5.82 Å². The van der Waals surface area contributed by atoms with E-state index in [1.54, 1.807) is 0 Å². The lowest BCUT2D eigenvalue weighted by Gasteiger charge is -2.33. The van der Waals surface area contributed by atoms with Crippen molar-refractivity contribution in [2.75, 3.05) is 13.1 Å². The molecule has 0 unspecified atom stereocenters. The highest BCUT2D eigenvalue weighted by Gasteiger charge is 2.25. The SMILES string of the molecule is CCCCc1ccc(-c2nc(C3CCN(C(C)C)CC3)no2)cc1.Cl. The highest BCUT2D eigenvalue weighted by atomic mass is 35.5. The molecular formula is C20H30ClN3O. The smallest absolute Gasteiger partial charge is 0.257 e. The van der Waals surface area contributed by atoms with Crippen LogP contribution in [0.15, 0.2) is 28.8 Å². The van der Waals surface area contributed by atoms with Gasteiger partial charge in [0.05, 0.1) is 0 Å². The van der Waals surface area contributed by atoms with Crippen LogP contribution in [0, 0.1) is 0 Å². The van der Waals surface area contributed by atoms with Crippen LogP contribution < -0.4 is 0 Å². The van der Waals surface area contributed by atoms with Crippen LogP contribution in [0.25, 0.3) is 11.5 Å². The molecule has 1 aliphatic heterocycles. The quantitative estimate of drug-likeness (QED) is 0.716. The Hall–Kier alpha value is -1.39. The Morgan fingerprint density at radius 3 is 2.44 bits per heavy atom. The predicted octanol–water partition coefficient (Wildman–Crippen LogP) is 5.09. The molecule has 0 aliphatic carbocycles. The van der Waals surface area contributed by atoms with Crippen molar-refractivity contribution in [3.8, 4) is 11.5 Å². The van der Waals surface area contributed by atoms with Gasteiger partial charge in [-0.15, -0.1) is 12.4 Å². The Balaban J connectivity index is 0.00000225. The van der Waals surface area contributed by atoms with Gasteiger partial charge in [-0.3, -0.25) is 0 Å². The van der Waals surface area contributed by atoms with Crippen LogP contribution >= 0.6 is 12.4 Å². The molecule has 1 aliphatic rings. The molecule has 5 heteroatoms. The maximum atomic E-state index is 5.52. The third-order valence-corrected chi connectivity index (χ3v) is 5.09. The minimum absolute atomic E-state index is 0. The normalized spacial score (nSPS) is 16.2. The Labute approximate surface area is 157 Å². The van der Waals surface area contributed by atoms with Crippen LogP contribution in [-0.4, -0.2) is 34.2 Å². The van der Waals surface area contributed by atoms with Crippen LogP contribution in [0.1, 0.15) is 63.8 Å². The zero-order valence-corrected chi connectivity index (χ0v) is 16.4. The van der Waals surface area contributed by atoms with Crippen LogP contribution in [0.4, 0.5) is 0 Å². The van der Waals surface area contributed by atoms with E-state index in [1.165, 1.54) is 18.4 Å². The molecule has 138 valence electrons. The molecule has 0 N–H and O–H groups in total.